The molecule has 0 amide bonds. The molecule has 0 fully saturated rings. The van der Waals surface area contributed by atoms with Gasteiger partial charge < -0.3 is 19.8 Å². The number of hydrogen-bond donors (Lipinski definition) is 0. The summed E-state index contributed by atoms with van der Waals surface area (Å²) in [6.07, 6.45) is 0. The van der Waals surface area contributed by atoms with Crippen molar-refractivity contribution in [2.24, 2.45) is 0 Å². The predicted octanol–water partition coefficient (Wildman–Crippen LogP) is 1.21. The first kappa shape index (κ1) is 17.8. The average Bonchev–Trinajstić information content (AvgIpc) is 2.45. The zero-order chi connectivity index (χ0) is 14.5. The molecular formula is C14H8O4S2Zn. The summed E-state index contributed by atoms with van der Waals surface area (Å²) in [5.74, 6) is -2.52. The summed E-state index contributed by atoms with van der Waals surface area (Å²) < 4.78 is 0. The molecule has 0 heterocycles. The number of carbonyl (C=O) groups is 2. The standard InChI is InChI=1S/C14H10O4S2.Zn/c15-13(16)9-5-1-3-7-11(9)19-20-12-8-4-2-6-10(12)14(17)18;/h1-8H,(H,15,16)(H,17,18);/q;+2/p-2. The molecule has 0 aliphatic heterocycles. The largest absolute Gasteiger partial charge is 2.00 e. The van der Waals surface area contributed by atoms with Crippen molar-refractivity contribution in [1.82, 2.24) is 0 Å². The summed E-state index contributed by atoms with van der Waals surface area (Å²) in [5.41, 5.74) is 0.159. The average molecular weight is 370 g/mol. The maximum atomic E-state index is 11.0. The molecule has 2 aromatic rings. The minimum Gasteiger partial charge on any atom is -0.545 e. The molecular weight excluding hydrogens is 362 g/mol. The van der Waals surface area contributed by atoms with Gasteiger partial charge in [0, 0.05) is 20.9 Å². The molecule has 2 rings (SSSR count). The van der Waals surface area contributed by atoms with Crippen LogP contribution in [0.2, 0.25) is 0 Å². The van der Waals surface area contributed by atoms with E-state index in [1.54, 1.807) is 36.4 Å². The van der Waals surface area contributed by atoms with Gasteiger partial charge in [0.1, 0.15) is 0 Å². The number of carboxylic acid groups (broad SMARTS) is 2. The summed E-state index contributed by atoms with van der Waals surface area (Å²) in [7, 11) is 2.33. The molecule has 4 nitrogen and oxygen atoms in total. The second-order valence-corrected chi connectivity index (χ2v) is 5.95. The van der Waals surface area contributed by atoms with E-state index in [2.05, 4.69) is 0 Å². The van der Waals surface area contributed by atoms with Gasteiger partial charge in [-0.2, -0.15) is 0 Å². The van der Waals surface area contributed by atoms with Gasteiger partial charge in [-0.05, 0) is 12.1 Å². The molecule has 2 aromatic carbocycles. The fourth-order valence-corrected chi connectivity index (χ4v) is 3.85. The quantitative estimate of drug-likeness (QED) is 0.582. The summed E-state index contributed by atoms with van der Waals surface area (Å²) in [5, 5.41) is 21.9. The molecule has 0 aliphatic carbocycles. The molecule has 0 spiro atoms. The van der Waals surface area contributed by atoms with Crippen LogP contribution in [0.4, 0.5) is 0 Å². The van der Waals surface area contributed by atoms with Crippen LogP contribution in [-0.2, 0) is 19.5 Å². The third-order valence-electron chi connectivity index (χ3n) is 2.44. The Kier molecular flexibility index (Phi) is 6.95. The molecule has 0 unspecified atom stereocenters. The van der Waals surface area contributed by atoms with Crippen molar-refractivity contribution in [1.29, 1.82) is 0 Å². The normalized spacial score (nSPS) is 9.71. The second kappa shape index (κ2) is 8.22. The van der Waals surface area contributed by atoms with Crippen molar-refractivity contribution >= 4 is 33.5 Å². The fraction of sp³-hybridized carbons (Fsp3) is 0. The van der Waals surface area contributed by atoms with Gasteiger partial charge in [-0.15, -0.1) is 0 Å². The SMILES string of the molecule is O=C([O-])c1ccccc1SSc1ccccc1C(=O)[O-].[Zn+2]. The Balaban J connectivity index is 0.00000220. The summed E-state index contributed by atoms with van der Waals surface area (Å²) >= 11 is 0. The van der Waals surface area contributed by atoms with Crippen LogP contribution in [0.15, 0.2) is 58.3 Å². The van der Waals surface area contributed by atoms with E-state index >= 15 is 0 Å². The summed E-state index contributed by atoms with van der Waals surface area (Å²) in [4.78, 5) is 23.0. The second-order valence-electron chi connectivity index (χ2n) is 3.73. The zero-order valence-electron chi connectivity index (χ0n) is 10.8. The van der Waals surface area contributed by atoms with Crippen molar-refractivity contribution in [2.75, 3.05) is 0 Å². The monoisotopic (exact) mass is 368 g/mol. The molecule has 0 saturated heterocycles. The van der Waals surface area contributed by atoms with Gasteiger partial charge in [-0.25, -0.2) is 0 Å². The molecule has 0 aromatic heterocycles. The van der Waals surface area contributed by atoms with E-state index in [1.165, 1.54) is 12.1 Å². The Labute approximate surface area is 142 Å². The number of rotatable bonds is 5. The maximum Gasteiger partial charge on any atom is 2.00 e. The third kappa shape index (κ3) is 4.59. The van der Waals surface area contributed by atoms with Crippen molar-refractivity contribution in [3.8, 4) is 0 Å². The Morgan fingerprint density at radius 2 is 1.05 bits per heavy atom. The van der Waals surface area contributed by atoms with Gasteiger partial charge in [0.25, 0.3) is 0 Å². The molecule has 7 heteroatoms. The number of carbonyl (C=O) groups excluding carboxylic acids is 2. The van der Waals surface area contributed by atoms with Crippen LogP contribution in [0.3, 0.4) is 0 Å². The maximum absolute atomic E-state index is 11.0. The molecule has 0 saturated carbocycles. The first-order valence-electron chi connectivity index (χ1n) is 5.55. The molecule has 0 N–H and O–H groups in total. The van der Waals surface area contributed by atoms with E-state index in [1.807, 2.05) is 0 Å². The Hall–Kier alpha value is -1.30. The van der Waals surface area contributed by atoms with Crippen molar-refractivity contribution in [3.63, 3.8) is 0 Å². The first-order chi connectivity index (χ1) is 9.59. The van der Waals surface area contributed by atoms with Crippen LogP contribution in [0.25, 0.3) is 0 Å². The van der Waals surface area contributed by atoms with Crippen molar-refractivity contribution in [3.05, 3.63) is 59.7 Å². The summed E-state index contributed by atoms with van der Waals surface area (Å²) in [6, 6.07) is 12.8. The van der Waals surface area contributed by atoms with Gasteiger partial charge >= 0.3 is 19.5 Å². The van der Waals surface area contributed by atoms with Crippen molar-refractivity contribution in [2.45, 2.75) is 9.79 Å². The van der Waals surface area contributed by atoms with E-state index in [9.17, 15) is 19.8 Å². The molecule has 0 radical (unpaired) electrons. The topological polar surface area (TPSA) is 80.3 Å². The van der Waals surface area contributed by atoms with Gasteiger partial charge in [0.05, 0.1) is 11.9 Å². The first-order valence-corrected chi connectivity index (χ1v) is 7.70. The molecule has 0 bridgehead atoms. The number of aromatic carboxylic acids is 2. The minimum absolute atomic E-state index is 0. The summed E-state index contributed by atoms with van der Waals surface area (Å²) in [6.45, 7) is 0. The Morgan fingerprint density at radius 3 is 1.38 bits per heavy atom. The minimum atomic E-state index is -1.26. The third-order valence-corrected chi connectivity index (χ3v) is 4.92. The molecule has 0 aliphatic rings. The Bertz CT molecular complexity index is 603. The van der Waals surface area contributed by atoms with E-state index in [0.717, 1.165) is 21.6 Å². The van der Waals surface area contributed by atoms with Gasteiger partial charge in [0.15, 0.2) is 0 Å². The molecule has 102 valence electrons. The molecule has 0 atom stereocenters. The van der Waals surface area contributed by atoms with Crippen LogP contribution in [-0.4, -0.2) is 11.9 Å². The van der Waals surface area contributed by atoms with Crippen LogP contribution >= 0.6 is 21.6 Å². The van der Waals surface area contributed by atoms with Crippen LogP contribution in [0.1, 0.15) is 20.7 Å². The van der Waals surface area contributed by atoms with Gasteiger partial charge in [-0.3, -0.25) is 0 Å². The smallest absolute Gasteiger partial charge is 0.545 e. The van der Waals surface area contributed by atoms with E-state index in [-0.39, 0.29) is 30.6 Å². The van der Waals surface area contributed by atoms with Crippen LogP contribution < -0.4 is 10.2 Å². The number of carboxylic acids is 2. The van der Waals surface area contributed by atoms with E-state index < -0.39 is 11.9 Å². The Morgan fingerprint density at radius 1 is 0.714 bits per heavy atom. The van der Waals surface area contributed by atoms with Gasteiger partial charge in [-0.1, -0.05) is 58.0 Å². The number of benzene rings is 2. The van der Waals surface area contributed by atoms with Crippen LogP contribution in [0, 0.1) is 0 Å². The van der Waals surface area contributed by atoms with Crippen LogP contribution in [0.5, 0.6) is 0 Å². The zero-order valence-corrected chi connectivity index (χ0v) is 15.4. The van der Waals surface area contributed by atoms with E-state index in [0.29, 0.717) is 9.79 Å². The van der Waals surface area contributed by atoms with Crippen molar-refractivity contribution < 1.29 is 39.3 Å². The number of hydrogen-bond acceptors (Lipinski definition) is 6. The van der Waals surface area contributed by atoms with Gasteiger partial charge in [0.2, 0.25) is 0 Å². The predicted molar refractivity (Wildman–Crippen MR) is 73.3 cm³/mol. The molecule has 21 heavy (non-hydrogen) atoms. The fourth-order valence-electron chi connectivity index (χ4n) is 1.51. The van der Waals surface area contributed by atoms with E-state index in [4.69, 9.17) is 0 Å².